The highest BCUT2D eigenvalue weighted by Gasteiger charge is 2.23. The Labute approximate surface area is 111 Å². The normalized spacial score (nSPS) is 19.6. The van der Waals surface area contributed by atoms with Crippen molar-refractivity contribution in [1.82, 2.24) is 15.1 Å². The second kappa shape index (κ2) is 5.42. The number of aromatic nitrogens is 2. The SMILES string of the molecule is CC1CCn2ncc(C(=O)NCC(C)C(=O)O)c2C1. The number of hydrogen-bond donors (Lipinski definition) is 2. The standard InChI is InChI=1S/C13H19N3O3/c1-8-3-4-16-11(5-8)10(7-15-16)12(17)14-6-9(2)13(18)19/h7-9H,3-6H2,1-2H3,(H,14,17)(H,18,19). The number of amides is 1. The molecule has 0 aliphatic carbocycles. The lowest BCUT2D eigenvalue weighted by atomic mass is 9.96. The van der Waals surface area contributed by atoms with Crippen molar-refractivity contribution in [3.63, 3.8) is 0 Å². The van der Waals surface area contributed by atoms with Crippen LogP contribution in [-0.4, -0.2) is 33.3 Å². The van der Waals surface area contributed by atoms with Gasteiger partial charge in [0.05, 0.1) is 23.4 Å². The lowest BCUT2D eigenvalue weighted by Crippen LogP contribution is -2.32. The molecule has 2 N–H and O–H groups in total. The third kappa shape index (κ3) is 2.94. The maximum absolute atomic E-state index is 12.1. The molecule has 104 valence electrons. The summed E-state index contributed by atoms with van der Waals surface area (Å²) in [6.07, 6.45) is 3.50. The van der Waals surface area contributed by atoms with E-state index in [4.69, 9.17) is 5.11 Å². The van der Waals surface area contributed by atoms with Gasteiger partial charge in [-0.2, -0.15) is 5.10 Å². The summed E-state index contributed by atoms with van der Waals surface area (Å²) in [4.78, 5) is 22.8. The monoisotopic (exact) mass is 265 g/mol. The average Bonchev–Trinajstić information content (AvgIpc) is 2.78. The van der Waals surface area contributed by atoms with E-state index >= 15 is 0 Å². The van der Waals surface area contributed by atoms with E-state index in [2.05, 4.69) is 17.3 Å². The van der Waals surface area contributed by atoms with E-state index in [0.717, 1.165) is 25.1 Å². The maximum Gasteiger partial charge on any atom is 0.308 e. The van der Waals surface area contributed by atoms with Gasteiger partial charge >= 0.3 is 5.97 Å². The minimum absolute atomic E-state index is 0.133. The van der Waals surface area contributed by atoms with Crippen molar-refractivity contribution in [2.45, 2.75) is 33.2 Å². The highest BCUT2D eigenvalue weighted by molar-refractivity contribution is 5.95. The predicted molar refractivity (Wildman–Crippen MR) is 68.8 cm³/mol. The van der Waals surface area contributed by atoms with Gasteiger partial charge in [0.1, 0.15) is 0 Å². The molecule has 1 aliphatic rings. The van der Waals surface area contributed by atoms with Crippen LogP contribution in [0.5, 0.6) is 0 Å². The molecular formula is C13H19N3O3. The fourth-order valence-corrected chi connectivity index (χ4v) is 2.21. The summed E-state index contributed by atoms with van der Waals surface area (Å²) in [6.45, 7) is 4.70. The van der Waals surface area contributed by atoms with Gasteiger partial charge in [0.15, 0.2) is 0 Å². The molecule has 1 aromatic heterocycles. The quantitative estimate of drug-likeness (QED) is 0.847. The molecule has 6 heteroatoms. The van der Waals surface area contributed by atoms with Crippen molar-refractivity contribution in [1.29, 1.82) is 0 Å². The van der Waals surface area contributed by atoms with Crippen LogP contribution in [0.4, 0.5) is 0 Å². The van der Waals surface area contributed by atoms with Crippen molar-refractivity contribution in [2.24, 2.45) is 11.8 Å². The van der Waals surface area contributed by atoms with Crippen LogP contribution in [0.2, 0.25) is 0 Å². The minimum Gasteiger partial charge on any atom is -0.481 e. The second-order valence-corrected chi connectivity index (χ2v) is 5.28. The summed E-state index contributed by atoms with van der Waals surface area (Å²) in [6, 6.07) is 0. The number of nitrogens with one attached hydrogen (secondary N) is 1. The Hall–Kier alpha value is -1.85. The fraction of sp³-hybridized carbons (Fsp3) is 0.615. The van der Waals surface area contributed by atoms with E-state index in [0.29, 0.717) is 11.5 Å². The number of hydrogen-bond acceptors (Lipinski definition) is 3. The molecule has 1 aromatic rings. The number of aliphatic carboxylic acids is 1. The average molecular weight is 265 g/mol. The van der Waals surface area contributed by atoms with Crippen LogP contribution in [0.25, 0.3) is 0 Å². The van der Waals surface area contributed by atoms with Crippen LogP contribution in [0.15, 0.2) is 6.20 Å². The zero-order valence-electron chi connectivity index (χ0n) is 11.2. The first-order valence-corrected chi connectivity index (χ1v) is 6.54. The molecule has 1 amide bonds. The van der Waals surface area contributed by atoms with Crippen molar-refractivity contribution in [3.05, 3.63) is 17.5 Å². The van der Waals surface area contributed by atoms with E-state index < -0.39 is 11.9 Å². The highest BCUT2D eigenvalue weighted by Crippen LogP contribution is 2.22. The molecule has 2 unspecified atom stereocenters. The van der Waals surface area contributed by atoms with E-state index in [-0.39, 0.29) is 12.5 Å². The summed E-state index contributed by atoms with van der Waals surface area (Å²) < 4.78 is 1.87. The Kier molecular flexibility index (Phi) is 3.87. The summed E-state index contributed by atoms with van der Waals surface area (Å²) in [5.41, 5.74) is 1.53. The van der Waals surface area contributed by atoms with Gasteiger partial charge in [0, 0.05) is 13.1 Å². The number of fused-ring (bicyclic) bond motifs is 1. The summed E-state index contributed by atoms with van der Waals surface area (Å²) in [5.74, 6) is -1.18. The number of carbonyl (C=O) groups is 2. The molecule has 2 atom stereocenters. The van der Waals surface area contributed by atoms with Crippen LogP contribution < -0.4 is 5.32 Å². The summed E-state index contributed by atoms with van der Waals surface area (Å²) >= 11 is 0. The van der Waals surface area contributed by atoms with E-state index in [1.165, 1.54) is 0 Å². The number of rotatable bonds is 4. The van der Waals surface area contributed by atoms with Crippen molar-refractivity contribution in [2.75, 3.05) is 6.54 Å². The van der Waals surface area contributed by atoms with Crippen LogP contribution in [-0.2, 0) is 17.8 Å². The van der Waals surface area contributed by atoms with Gasteiger partial charge in [-0.1, -0.05) is 13.8 Å². The van der Waals surface area contributed by atoms with Crippen LogP contribution >= 0.6 is 0 Å². The van der Waals surface area contributed by atoms with Crippen molar-refractivity contribution >= 4 is 11.9 Å². The second-order valence-electron chi connectivity index (χ2n) is 5.28. The Morgan fingerprint density at radius 1 is 1.63 bits per heavy atom. The van der Waals surface area contributed by atoms with Crippen LogP contribution in [0.3, 0.4) is 0 Å². The lowest BCUT2D eigenvalue weighted by molar-refractivity contribution is -0.140. The van der Waals surface area contributed by atoms with Gasteiger partial charge in [0.2, 0.25) is 0 Å². The maximum atomic E-state index is 12.1. The molecule has 0 fully saturated rings. The van der Waals surface area contributed by atoms with Gasteiger partial charge in [0.25, 0.3) is 5.91 Å². The molecule has 0 bridgehead atoms. The van der Waals surface area contributed by atoms with E-state index in [9.17, 15) is 9.59 Å². The molecule has 6 nitrogen and oxygen atoms in total. The van der Waals surface area contributed by atoms with Crippen LogP contribution in [0.1, 0.15) is 36.3 Å². The lowest BCUT2D eigenvalue weighted by Gasteiger charge is -2.20. The summed E-state index contributed by atoms with van der Waals surface area (Å²) in [5, 5.41) is 15.7. The molecule has 19 heavy (non-hydrogen) atoms. The number of aryl methyl sites for hydroxylation is 1. The minimum atomic E-state index is -0.911. The largest absolute Gasteiger partial charge is 0.481 e. The summed E-state index contributed by atoms with van der Waals surface area (Å²) in [7, 11) is 0. The van der Waals surface area contributed by atoms with Crippen molar-refractivity contribution in [3.8, 4) is 0 Å². The Morgan fingerprint density at radius 3 is 3.05 bits per heavy atom. The number of nitrogens with zero attached hydrogens (tertiary/aromatic N) is 2. The highest BCUT2D eigenvalue weighted by atomic mass is 16.4. The fourth-order valence-electron chi connectivity index (χ4n) is 2.21. The molecule has 0 radical (unpaired) electrons. The predicted octanol–water partition coefficient (Wildman–Crippen LogP) is 0.916. The third-order valence-corrected chi connectivity index (χ3v) is 3.56. The van der Waals surface area contributed by atoms with Gasteiger partial charge in [-0.05, 0) is 18.8 Å². The first-order valence-electron chi connectivity index (χ1n) is 6.54. The zero-order valence-corrected chi connectivity index (χ0v) is 11.2. The van der Waals surface area contributed by atoms with Gasteiger partial charge in [-0.25, -0.2) is 0 Å². The number of carboxylic acid groups (broad SMARTS) is 1. The van der Waals surface area contributed by atoms with E-state index in [1.54, 1.807) is 13.1 Å². The molecule has 0 saturated carbocycles. The molecule has 2 heterocycles. The van der Waals surface area contributed by atoms with Gasteiger partial charge in [-0.3, -0.25) is 14.3 Å². The van der Waals surface area contributed by atoms with Gasteiger partial charge < -0.3 is 10.4 Å². The Bertz CT molecular complexity index is 495. The van der Waals surface area contributed by atoms with Crippen molar-refractivity contribution < 1.29 is 14.7 Å². The molecular weight excluding hydrogens is 246 g/mol. The zero-order chi connectivity index (χ0) is 14.0. The molecule has 0 saturated heterocycles. The first kappa shape index (κ1) is 13.6. The molecule has 1 aliphatic heterocycles. The molecule has 2 rings (SSSR count). The number of carboxylic acids is 1. The Morgan fingerprint density at radius 2 is 2.37 bits per heavy atom. The topological polar surface area (TPSA) is 84.2 Å². The van der Waals surface area contributed by atoms with E-state index in [1.807, 2.05) is 4.68 Å². The number of carbonyl (C=O) groups excluding carboxylic acids is 1. The molecule has 0 spiro atoms. The first-order chi connectivity index (χ1) is 8.99. The van der Waals surface area contributed by atoms with Gasteiger partial charge in [-0.15, -0.1) is 0 Å². The van der Waals surface area contributed by atoms with Crippen LogP contribution in [0, 0.1) is 11.8 Å². The molecule has 0 aromatic carbocycles. The third-order valence-electron chi connectivity index (χ3n) is 3.56. The smallest absolute Gasteiger partial charge is 0.308 e. The Balaban J connectivity index is 2.04.